The number of anilines is 1. The lowest BCUT2D eigenvalue weighted by molar-refractivity contribution is -0.384. The highest BCUT2D eigenvalue weighted by atomic mass is 19.1. The molecule has 1 saturated heterocycles. The number of rotatable bonds is 3. The van der Waals surface area contributed by atoms with Crippen molar-refractivity contribution in [2.24, 2.45) is 0 Å². The van der Waals surface area contributed by atoms with Crippen LogP contribution in [0.4, 0.5) is 15.8 Å². The summed E-state index contributed by atoms with van der Waals surface area (Å²) < 4.78 is 19.1. The standard InChI is InChI=1S/C12H15FN2O3/c1-8-7-9(5-6-18-8)14-12-10(13)3-2-4-11(12)15(16)17/h2-4,8-9,14H,5-7H2,1H3. The van der Waals surface area contributed by atoms with Crippen LogP contribution in [0.2, 0.25) is 0 Å². The summed E-state index contributed by atoms with van der Waals surface area (Å²) in [4.78, 5) is 10.3. The Labute approximate surface area is 104 Å². The van der Waals surface area contributed by atoms with E-state index in [-0.39, 0.29) is 23.5 Å². The van der Waals surface area contributed by atoms with E-state index in [2.05, 4.69) is 5.32 Å². The lowest BCUT2D eigenvalue weighted by Crippen LogP contribution is -2.32. The van der Waals surface area contributed by atoms with Crippen LogP contribution in [-0.4, -0.2) is 23.7 Å². The van der Waals surface area contributed by atoms with Gasteiger partial charge in [0, 0.05) is 18.7 Å². The Bertz CT molecular complexity index is 453. The van der Waals surface area contributed by atoms with Crippen molar-refractivity contribution in [1.29, 1.82) is 0 Å². The van der Waals surface area contributed by atoms with Gasteiger partial charge in [0.05, 0.1) is 11.0 Å². The smallest absolute Gasteiger partial charge is 0.295 e. The maximum atomic E-state index is 13.7. The molecule has 0 radical (unpaired) electrons. The highest BCUT2D eigenvalue weighted by Gasteiger charge is 2.24. The van der Waals surface area contributed by atoms with Gasteiger partial charge in [-0.05, 0) is 25.8 Å². The van der Waals surface area contributed by atoms with Crippen LogP contribution in [0.25, 0.3) is 0 Å². The minimum Gasteiger partial charge on any atom is -0.378 e. The van der Waals surface area contributed by atoms with Gasteiger partial charge in [-0.2, -0.15) is 0 Å². The average Bonchev–Trinajstić information content (AvgIpc) is 2.31. The van der Waals surface area contributed by atoms with Crippen LogP contribution in [0, 0.1) is 15.9 Å². The molecule has 0 aromatic heterocycles. The Kier molecular flexibility index (Phi) is 3.76. The van der Waals surface area contributed by atoms with Gasteiger partial charge < -0.3 is 10.1 Å². The summed E-state index contributed by atoms with van der Waals surface area (Å²) in [5.41, 5.74) is -0.254. The molecule has 1 aromatic rings. The van der Waals surface area contributed by atoms with Crippen molar-refractivity contribution in [1.82, 2.24) is 0 Å². The number of nitrogens with one attached hydrogen (secondary N) is 1. The monoisotopic (exact) mass is 254 g/mol. The number of halogens is 1. The first-order chi connectivity index (χ1) is 8.58. The molecule has 5 nitrogen and oxygen atoms in total. The Morgan fingerprint density at radius 1 is 1.56 bits per heavy atom. The summed E-state index contributed by atoms with van der Waals surface area (Å²) in [6, 6.07) is 3.86. The maximum Gasteiger partial charge on any atom is 0.295 e. The third-order valence-corrected chi connectivity index (χ3v) is 3.02. The number of hydrogen-bond donors (Lipinski definition) is 1. The van der Waals surface area contributed by atoms with Crippen molar-refractivity contribution in [2.45, 2.75) is 31.9 Å². The van der Waals surface area contributed by atoms with Gasteiger partial charge in [-0.3, -0.25) is 10.1 Å². The SMILES string of the molecule is CC1CC(Nc2c(F)cccc2[N+](=O)[O-])CCO1. The summed E-state index contributed by atoms with van der Waals surface area (Å²) in [5, 5.41) is 13.8. The Balaban J connectivity index is 2.20. The van der Waals surface area contributed by atoms with Gasteiger partial charge in [0.15, 0.2) is 5.82 Å². The predicted octanol–water partition coefficient (Wildman–Crippen LogP) is 2.71. The number of hydrogen-bond acceptors (Lipinski definition) is 4. The zero-order valence-corrected chi connectivity index (χ0v) is 10.1. The van der Waals surface area contributed by atoms with Crippen LogP contribution in [0.15, 0.2) is 18.2 Å². The molecule has 1 fully saturated rings. The normalized spacial score (nSPS) is 23.7. The molecule has 2 rings (SSSR count). The molecule has 1 heterocycles. The average molecular weight is 254 g/mol. The Morgan fingerprint density at radius 2 is 2.33 bits per heavy atom. The van der Waals surface area contributed by atoms with E-state index >= 15 is 0 Å². The van der Waals surface area contributed by atoms with Crippen molar-refractivity contribution in [3.63, 3.8) is 0 Å². The second-order valence-electron chi connectivity index (χ2n) is 4.44. The van der Waals surface area contributed by atoms with Crippen LogP contribution in [0.5, 0.6) is 0 Å². The summed E-state index contributed by atoms with van der Waals surface area (Å²) in [6.07, 6.45) is 1.52. The van der Waals surface area contributed by atoms with E-state index in [0.717, 1.165) is 6.42 Å². The zero-order valence-electron chi connectivity index (χ0n) is 10.1. The van der Waals surface area contributed by atoms with E-state index in [1.165, 1.54) is 18.2 Å². The first-order valence-electron chi connectivity index (χ1n) is 5.89. The second-order valence-corrected chi connectivity index (χ2v) is 4.44. The molecule has 2 unspecified atom stereocenters. The summed E-state index contributed by atoms with van der Waals surface area (Å²) in [7, 11) is 0. The third-order valence-electron chi connectivity index (χ3n) is 3.02. The molecule has 6 heteroatoms. The van der Waals surface area contributed by atoms with Gasteiger partial charge >= 0.3 is 0 Å². The van der Waals surface area contributed by atoms with Gasteiger partial charge in [0.2, 0.25) is 0 Å². The molecule has 1 aliphatic heterocycles. The van der Waals surface area contributed by atoms with Crippen LogP contribution < -0.4 is 5.32 Å². The quantitative estimate of drug-likeness (QED) is 0.665. The fourth-order valence-corrected chi connectivity index (χ4v) is 2.14. The van der Waals surface area contributed by atoms with Gasteiger partial charge in [-0.1, -0.05) is 6.07 Å². The van der Waals surface area contributed by atoms with Crippen molar-refractivity contribution in [3.05, 3.63) is 34.1 Å². The summed E-state index contributed by atoms with van der Waals surface area (Å²) in [6.45, 7) is 2.52. The minimum atomic E-state index is -0.594. The summed E-state index contributed by atoms with van der Waals surface area (Å²) in [5.74, 6) is -0.594. The van der Waals surface area contributed by atoms with Gasteiger partial charge in [-0.25, -0.2) is 4.39 Å². The molecule has 98 valence electrons. The maximum absolute atomic E-state index is 13.7. The Morgan fingerprint density at radius 3 is 3.00 bits per heavy atom. The van der Waals surface area contributed by atoms with E-state index in [9.17, 15) is 14.5 Å². The third kappa shape index (κ3) is 2.76. The van der Waals surface area contributed by atoms with Crippen LogP contribution in [0.1, 0.15) is 19.8 Å². The van der Waals surface area contributed by atoms with Crippen LogP contribution >= 0.6 is 0 Å². The van der Waals surface area contributed by atoms with E-state index in [1.807, 2.05) is 6.92 Å². The number of nitrogens with zero attached hydrogens (tertiary/aromatic N) is 1. The van der Waals surface area contributed by atoms with E-state index in [4.69, 9.17) is 4.74 Å². The molecule has 1 aromatic carbocycles. The first-order valence-corrected chi connectivity index (χ1v) is 5.89. The highest BCUT2D eigenvalue weighted by molar-refractivity contribution is 5.62. The fraction of sp³-hybridized carbons (Fsp3) is 0.500. The van der Waals surface area contributed by atoms with Crippen molar-refractivity contribution in [2.75, 3.05) is 11.9 Å². The van der Waals surface area contributed by atoms with Gasteiger partial charge in [0.25, 0.3) is 5.69 Å². The van der Waals surface area contributed by atoms with E-state index < -0.39 is 10.7 Å². The van der Waals surface area contributed by atoms with Crippen molar-refractivity contribution < 1.29 is 14.1 Å². The fourth-order valence-electron chi connectivity index (χ4n) is 2.14. The molecule has 0 aliphatic carbocycles. The largest absolute Gasteiger partial charge is 0.378 e. The summed E-state index contributed by atoms with van der Waals surface area (Å²) >= 11 is 0. The number of nitro benzene ring substituents is 1. The molecule has 18 heavy (non-hydrogen) atoms. The van der Waals surface area contributed by atoms with Crippen LogP contribution in [-0.2, 0) is 4.74 Å². The molecular formula is C12H15FN2O3. The van der Waals surface area contributed by atoms with Gasteiger partial charge in [-0.15, -0.1) is 0 Å². The number of benzene rings is 1. The molecule has 1 N–H and O–H groups in total. The van der Waals surface area contributed by atoms with Gasteiger partial charge in [0.1, 0.15) is 5.69 Å². The molecule has 0 saturated carbocycles. The first kappa shape index (κ1) is 12.8. The number of nitro groups is 1. The zero-order chi connectivity index (χ0) is 13.1. The Hall–Kier alpha value is -1.69. The second kappa shape index (κ2) is 5.30. The number of ether oxygens (including phenoxy) is 1. The predicted molar refractivity (Wildman–Crippen MR) is 65.1 cm³/mol. The highest BCUT2D eigenvalue weighted by Crippen LogP contribution is 2.29. The lowest BCUT2D eigenvalue weighted by Gasteiger charge is -2.28. The molecule has 0 bridgehead atoms. The lowest BCUT2D eigenvalue weighted by atomic mass is 10.0. The van der Waals surface area contributed by atoms with Crippen molar-refractivity contribution in [3.8, 4) is 0 Å². The molecule has 2 atom stereocenters. The van der Waals surface area contributed by atoms with Crippen molar-refractivity contribution >= 4 is 11.4 Å². The molecule has 1 aliphatic rings. The van der Waals surface area contributed by atoms with E-state index in [0.29, 0.717) is 13.0 Å². The van der Waals surface area contributed by atoms with Crippen LogP contribution in [0.3, 0.4) is 0 Å². The minimum absolute atomic E-state index is 0.00403. The van der Waals surface area contributed by atoms with E-state index in [1.54, 1.807) is 0 Å². The topological polar surface area (TPSA) is 64.4 Å². The molecule has 0 spiro atoms. The molecular weight excluding hydrogens is 239 g/mol. The molecule has 0 amide bonds. The number of para-hydroxylation sites is 1.